The van der Waals surface area contributed by atoms with E-state index in [2.05, 4.69) is 38.7 Å². The smallest absolute Gasteiger partial charge is 0.343 e. The van der Waals surface area contributed by atoms with Gasteiger partial charge in [-0.1, -0.05) is 92.4 Å². The summed E-state index contributed by atoms with van der Waals surface area (Å²) < 4.78 is 6.25. The number of hydrazone groups is 1. The van der Waals surface area contributed by atoms with Crippen LogP contribution in [0.25, 0.3) is 0 Å². The molecule has 194 valence electrons. The SMILES string of the molecule is CCCCCCCCCCCC(=O)NCC(=O)NN=Cc1cc(Br)ccc1OC(=O)c1ccccc1. The molecule has 0 heterocycles. The fourth-order valence-corrected chi connectivity index (χ4v) is 3.90. The molecule has 0 aliphatic heterocycles. The largest absolute Gasteiger partial charge is 0.422 e. The van der Waals surface area contributed by atoms with Crippen molar-refractivity contribution in [3.05, 3.63) is 64.1 Å². The lowest BCUT2D eigenvalue weighted by molar-refractivity contribution is -0.126. The summed E-state index contributed by atoms with van der Waals surface area (Å²) in [5.74, 6) is -0.769. The van der Waals surface area contributed by atoms with Gasteiger partial charge in [0.05, 0.1) is 18.3 Å². The molecule has 2 aromatic rings. The summed E-state index contributed by atoms with van der Waals surface area (Å²) in [6.45, 7) is 2.07. The number of rotatable bonds is 16. The van der Waals surface area contributed by atoms with Crippen molar-refractivity contribution in [3.63, 3.8) is 0 Å². The second kappa shape index (κ2) is 17.4. The Kier molecular flexibility index (Phi) is 14.2. The summed E-state index contributed by atoms with van der Waals surface area (Å²) in [7, 11) is 0. The Bertz CT molecular complexity index is 996. The van der Waals surface area contributed by atoms with Gasteiger partial charge in [0.15, 0.2) is 0 Å². The van der Waals surface area contributed by atoms with E-state index in [4.69, 9.17) is 4.74 Å². The highest BCUT2D eigenvalue weighted by molar-refractivity contribution is 9.10. The molecular formula is C28H36BrN3O4. The summed E-state index contributed by atoms with van der Waals surface area (Å²) in [6, 6.07) is 13.8. The maximum Gasteiger partial charge on any atom is 0.343 e. The van der Waals surface area contributed by atoms with Gasteiger partial charge in [-0.15, -0.1) is 0 Å². The molecule has 7 nitrogen and oxygen atoms in total. The van der Waals surface area contributed by atoms with Gasteiger partial charge in [0.25, 0.3) is 5.91 Å². The minimum Gasteiger partial charge on any atom is -0.422 e. The third-order valence-corrected chi connectivity index (χ3v) is 6.02. The van der Waals surface area contributed by atoms with Crippen LogP contribution in [0, 0.1) is 0 Å². The van der Waals surface area contributed by atoms with E-state index in [1.54, 1.807) is 42.5 Å². The standard InChI is InChI=1S/C28H36BrN3O4/c1-2-3-4-5-6-7-8-9-13-16-26(33)30-21-27(34)32-31-20-23-19-24(29)17-18-25(23)36-28(35)22-14-11-10-12-15-22/h10-12,14-15,17-20H,2-9,13,16,21H2,1H3,(H,30,33)(H,32,34). The van der Waals surface area contributed by atoms with Crippen LogP contribution in [-0.4, -0.2) is 30.5 Å². The van der Waals surface area contributed by atoms with Crippen molar-refractivity contribution in [2.75, 3.05) is 6.54 Å². The number of amides is 2. The summed E-state index contributed by atoms with van der Waals surface area (Å²) in [6.07, 6.45) is 12.5. The highest BCUT2D eigenvalue weighted by atomic mass is 79.9. The van der Waals surface area contributed by atoms with Crippen LogP contribution in [0.5, 0.6) is 5.75 Å². The Hall–Kier alpha value is -3.00. The number of hydrogen-bond donors (Lipinski definition) is 2. The van der Waals surface area contributed by atoms with E-state index in [9.17, 15) is 14.4 Å². The molecule has 0 saturated heterocycles. The lowest BCUT2D eigenvalue weighted by atomic mass is 10.1. The quantitative estimate of drug-likeness (QED) is 0.0849. The molecule has 0 unspecified atom stereocenters. The number of halogens is 1. The molecule has 2 amide bonds. The van der Waals surface area contributed by atoms with Gasteiger partial charge in [0.1, 0.15) is 5.75 Å². The zero-order valence-corrected chi connectivity index (χ0v) is 22.5. The minimum absolute atomic E-state index is 0.140. The molecule has 0 spiro atoms. The number of benzene rings is 2. The molecule has 0 saturated carbocycles. The first-order valence-electron chi connectivity index (χ1n) is 12.6. The highest BCUT2D eigenvalue weighted by Crippen LogP contribution is 2.23. The topological polar surface area (TPSA) is 96.9 Å². The normalized spacial score (nSPS) is 10.8. The number of unbranched alkanes of at least 4 members (excludes halogenated alkanes) is 8. The van der Waals surface area contributed by atoms with Crippen LogP contribution in [0.1, 0.15) is 87.1 Å². The van der Waals surface area contributed by atoms with Crippen LogP contribution in [0.4, 0.5) is 0 Å². The molecule has 2 rings (SSSR count). The van der Waals surface area contributed by atoms with Crippen LogP contribution >= 0.6 is 15.9 Å². The number of nitrogens with one attached hydrogen (secondary N) is 2. The summed E-state index contributed by atoms with van der Waals surface area (Å²) in [5.41, 5.74) is 3.31. The lowest BCUT2D eigenvalue weighted by Gasteiger charge is -2.08. The van der Waals surface area contributed by atoms with E-state index in [1.165, 1.54) is 44.7 Å². The van der Waals surface area contributed by atoms with Crippen molar-refractivity contribution in [1.29, 1.82) is 0 Å². The number of ether oxygens (including phenoxy) is 1. The van der Waals surface area contributed by atoms with Gasteiger partial charge in [-0.3, -0.25) is 9.59 Å². The zero-order valence-electron chi connectivity index (χ0n) is 20.9. The fraction of sp³-hybridized carbons (Fsp3) is 0.429. The van der Waals surface area contributed by atoms with Crippen molar-refractivity contribution in [2.24, 2.45) is 5.10 Å². The van der Waals surface area contributed by atoms with Gasteiger partial charge in [-0.2, -0.15) is 5.10 Å². The van der Waals surface area contributed by atoms with Crippen molar-refractivity contribution in [2.45, 2.75) is 71.1 Å². The molecule has 0 fully saturated rings. The lowest BCUT2D eigenvalue weighted by Crippen LogP contribution is -2.34. The van der Waals surface area contributed by atoms with Gasteiger partial charge in [0.2, 0.25) is 5.91 Å². The van der Waals surface area contributed by atoms with Crippen molar-refractivity contribution < 1.29 is 19.1 Å². The Morgan fingerprint density at radius 1 is 0.889 bits per heavy atom. The van der Waals surface area contributed by atoms with Crippen LogP contribution in [0.2, 0.25) is 0 Å². The second-order valence-electron chi connectivity index (χ2n) is 8.59. The first-order chi connectivity index (χ1) is 17.5. The van der Waals surface area contributed by atoms with E-state index >= 15 is 0 Å². The average molecular weight is 559 g/mol. The maximum absolute atomic E-state index is 12.4. The van der Waals surface area contributed by atoms with Crippen LogP contribution in [-0.2, 0) is 9.59 Å². The first-order valence-corrected chi connectivity index (χ1v) is 13.4. The zero-order chi connectivity index (χ0) is 26.0. The molecule has 8 heteroatoms. The molecule has 0 aromatic heterocycles. The molecule has 0 bridgehead atoms. The van der Waals surface area contributed by atoms with Gasteiger partial charge in [-0.25, -0.2) is 10.2 Å². The van der Waals surface area contributed by atoms with E-state index in [0.717, 1.165) is 23.7 Å². The third-order valence-electron chi connectivity index (χ3n) is 5.53. The van der Waals surface area contributed by atoms with Gasteiger partial charge < -0.3 is 10.1 Å². The van der Waals surface area contributed by atoms with Crippen LogP contribution in [0.15, 0.2) is 58.1 Å². The molecule has 0 aliphatic rings. The van der Waals surface area contributed by atoms with E-state index in [-0.39, 0.29) is 12.5 Å². The summed E-state index contributed by atoms with van der Waals surface area (Å²) in [5, 5.41) is 6.56. The molecule has 36 heavy (non-hydrogen) atoms. The number of hydrogen-bond acceptors (Lipinski definition) is 5. The van der Waals surface area contributed by atoms with E-state index < -0.39 is 11.9 Å². The fourth-order valence-electron chi connectivity index (χ4n) is 3.52. The Morgan fingerprint density at radius 2 is 1.56 bits per heavy atom. The van der Waals surface area contributed by atoms with E-state index in [0.29, 0.717) is 23.3 Å². The molecule has 2 N–H and O–H groups in total. The molecule has 0 radical (unpaired) electrons. The minimum atomic E-state index is -0.494. The highest BCUT2D eigenvalue weighted by Gasteiger charge is 2.11. The molecule has 0 atom stereocenters. The maximum atomic E-state index is 12.4. The molecule has 2 aromatic carbocycles. The monoisotopic (exact) mass is 557 g/mol. The Morgan fingerprint density at radius 3 is 2.25 bits per heavy atom. The van der Waals surface area contributed by atoms with Gasteiger partial charge >= 0.3 is 5.97 Å². The number of carbonyl (C=O) groups excluding carboxylic acids is 3. The summed E-state index contributed by atoms with van der Waals surface area (Å²) >= 11 is 3.38. The predicted octanol–water partition coefficient (Wildman–Crippen LogP) is 6.16. The Labute approximate surface area is 222 Å². The van der Waals surface area contributed by atoms with Crippen molar-refractivity contribution >= 4 is 39.9 Å². The van der Waals surface area contributed by atoms with Gasteiger partial charge in [0, 0.05) is 16.5 Å². The van der Waals surface area contributed by atoms with Crippen molar-refractivity contribution in [1.82, 2.24) is 10.7 Å². The Balaban J connectivity index is 1.69. The number of esters is 1. The average Bonchev–Trinajstić information content (AvgIpc) is 2.88. The van der Waals surface area contributed by atoms with E-state index in [1.807, 2.05) is 6.07 Å². The molecular weight excluding hydrogens is 522 g/mol. The van der Waals surface area contributed by atoms with Crippen LogP contribution < -0.4 is 15.5 Å². The molecule has 0 aliphatic carbocycles. The van der Waals surface area contributed by atoms with Crippen molar-refractivity contribution in [3.8, 4) is 5.75 Å². The number of nitrogens with zero attached hydrogens (tertiary/aromatic N) is 1. The third kappa shape index (κ3) is 12.1. The second-order valence-corrected chi connectivity index (χ2v) is 9.50. The van der Waals surface area contributed by atoms with Crippen LogP contribution in [0.3, 0.4) is 0 Å². The first kappa shape index (κ1) is 29.2. The predicted molar refractivity (Wildman–Crippen MR) is 146 cm³/mol. The van der Waals surface area contributed by atoms with Gasteiger partial charge in [-0.05, 0) is 36.8 Å². The summed E-state index contributed by atoms with van der Waals surface area (Å²) in [4.78, 5) is 36.4. The number of carbonyl (C=O) groups is 3.